The van der Waals surface area contributed by atoms with Gasteiger partial charge in [-0.2, -0.15) is 0 Å². The van der Waals surface area contributed by atoms with Crippen molar-refractivity contribution in [1.82, 2.24) is 4.90 Å². The van der Waals surface area contributed by atoms with Crippen LogP contribution in [0, 0.1) is 0 Å². The van der Waals surface area contributed by atoms with Gasteiger partial charge in [-0.1, -0.05) is 0 Å². The minimum absolute atomic E-state index is 0.139. The fourth-order valence-corrected chi connectivity index (χ4v) is 3.63. The van der Waals surface area contributed by atoms with Crippen molar-refractivity contribution >= 4 is 29.4 Å². The van der Waals surface area contributed by atoms with Crippen LogP contribution in [0.3, 0.4) is 0 Å². The number of imide groups is 1. The molecule has 3 amide bonds. The van der Waals surface area contributed by atoms with Gasteiger partial charge in [0, 0.05) is 17.9 Å². The first-order valence-electron chi connectivity index (χ1n) is 10.2. The van der Waals surface area contributed by atoms with Crippen LogP contribution >= 0.6 is 0 Å². The minimum Gasteiger partial charge on any atom is -0.482 e. The lowest BCUT2D eigenvalue weighted by Crippen LogP contribution is -2.36. The fourth-order valence-electron chi connectivity index (χ4n) is 3.63. The Bertz CT molecular complexity index is 1060. The minimum atomic E-state index is -0.499. The van der Waals surface area contributed by atoms with Crippen molar-refractivity contribution < 1.29 is 33.4 Å². The molecule has 0 spiro atoms. The molecule has 1 fully saturated rings. The van der Waals surface area contributed by atoms with Gasteiger partial charge in [0.15, 0.2) is 6.61 Å². The molecule has 2 aromatic carbocycles. The number of hydrogen-bond acceptors (Lipinski definition) is 7. The van der Waals surface area contributed by atoms with Crippen LogP contribution in [0.4, 0.5) is 5.69 Å². The maximum absolute atomic E-state index is 12.8. The maximum Gasteiger partial charge on any atom is 0.343 e. The van der Waals surface area contributed by atoms with Gasteiger partial charge < -0.3 is 19.5 Å². The Morgan fingerprint density at radius 2 is 1.84 bits per heavy atom. The summed E-state index contributed by atoms with van der Waals surface area (Å²) < 4.78 is 15.3. The second-order valence-electron chi connectivity index (χ2n) is 7.46. The van der Waals surface area contributed by atoms with E-state index < -0.39 is 17.8 Å². The summed E-state index contributed by atoms with van der Waals surface area (Å²) in [5.41, 5.74) is 1.27. The Balaban J connectivity index is 1.41. The summed E-state index contributed by atoms with van der Waals surface area (Å²) in [4.78, 5) is 50.4. The molecule has 0 aromatic heterocycles. The third kappa shape index (κ3) is 4.47. The van der Waals surface area contributed by atoms with Crippen LogP contribution < -0.4 is 10.1 Å². The van der Waals surface area contributed by atoms with Crippen LogP contribution in [0.15, 0.2) is 42.5 Å². The first-order chi connectivity index (χ1) is 15.5. The molecule has 0 bridgehead atoms. The van der Waals surface area contributed by atoms with Crippen molar-refractivity contribution in [2.75, 3.05) is 32.2 Å². The standard InChI is InChI=1S/C23H22N2O7/c1-30-20(26)13-32-16-7-5-15(6-8-16)24-21(27)14-4-9-18-19(11-14)23(29)25(22(18)28)12-17-3-2-10-31-17/h4-9,11,17H,2-3,10,12-13H2,1H3,(H,24,27). The predicted molar refractivity (Wildman–Crippen MR) is 113 cm³/mol. The zero-order chi connectivity index (χ0) is 22.7. The Morgan fingerprint density at radius 3 is 2.53 bits per heavy atom. The molecule has 2 aliphatic rings. The topological polar surface area (TPSA) is 111 Å². The normalized spacial score (nSPS) is 17.3. The van der Waals surface area contributed by atoms with Crippen LogP contribution in [0.2, 0.25) is 0 Å². The van der Waals surface area contributed by atoms with Crippen LogP contribution in [-0.2, 0) is 14.3 Å². The highest BCUT2D eigenvalue weighted by Crippen LogP contribution is 2.26. The van der Waals surface area contributed by atoms with E-state index in [0.29, 0.717) is 18.0 Å². The molecule has 166 valence electrons. The molecule has 4 rings (SSSR count). The molecule has 0 aliphatic carbocycles. The molecular weight excluding hydrogens is 416 g/mol. The molecule has 2 aliphatic heterocycles. The molecule has 9 heteroatoms. The summed E-state index contributed by atoms with van der Waals surface area (Å²) in [6, 6.07) is 10.9. The summed E-state index contributed by atoms with van der Waals surface area (Å²) in [6.45, 7) is 0.642. The number of nitrogens with zero attached hydrogens (tertiary/aromatic N) is 1. The van der Waals surface area contributed by atoms with E-state index in [1.807, 2.05) is 0 Å². The number of carbonyl (C=O) groups is 4. The molecular formula is C23H22N2O7. The largest absolute Gasteiger partial charge is 0.482 e. The van der Waals surface area contributed by atoms with Crippen LogP contribution in [0.5, 0.6) is 5.75 Å². The highest BCUT2D eigenvalue weighted by Gasteiger charge is 2.37. The Morgan fingerprint density at radius 1 is 1.09 bits per heavy atom. The summed E-state index contributed by atoms with van der Waals surface area (Å²) in [6.07, 6.45) is 1.59. The first-order valence-corrected chi connectivity index (χ1v) is 10.2. The van der Waals surface area contributed by atoms with E-state index in [9.17, 15) is 19.2 Å². The van der Waals surface area contributed by atoms with E-state index in [4.69, 9.17) is 9.47 Å². The predicted octanol–water partition coefficient (Wildman–Crippen LogP) is 2.27. The van der Waals surface area contributed by atoms with Crippen LogP contribution in [-0.4, -0.2) is 61.6 Å². The summed E-state index contributed by atoms with van der Waals surface area (Å²) in [5.74, 6) is -1.26. The van der Waals surface area contributed by atoms with E-state index in [1.54, 1.807) is 24.3 Å². The summed E-state index contributed by atoms with van der Waals surface area (Å²) >= 11 is 0. The molecule has 2 aromatic rings. The number of anilines is 1. The number of esters is 1. The number of benzene rings is 2. The van der Waals surface area contributed by atoms with Crippen molar-refractivity contribution in [1.29, 1.82) is 0 Å². The number of hydrogen-bond donors (Lipinski definition) is 1. The van der Waals surface area contributed by atoms with Gasteiger partial charge in [-0.25, -0.2) is 4.79 Å². The van der Waals surface area contributed by atoms with Crippen molar-refractivity contribution in [2.24, 2.45) is 0 Å². The summed E-state index contributed by atoms with van der Waals surface area (Å²) in [7, 11) is 1.27. The zero-order valence-corrected chi connectivity index (χ0v) is 17.5. The average molecular weight is 438 g/mol. The molecule has 1 saturated heterocycles. The Hall–Kier alpha value is -3.72. The number of amides is 3. The second-order valence-corrected chi connectivity index (χ2v) is 7.46. The molecule has 9 nitrogen and oxygen atoms in total. The van der Waals surface area contributed by atoms with Gasteiger partial charge in [0.1, 0.15) is 5.75 Å². The second kappa shape index (κ2) is 9.19. The third-order valence-electron chi connectivity index (χ3n) is 5.34. The molecule has 1 unspecified atom stereocenters. The van der Waals surface area contributed by atoms with E-state index >= 15 is 0 Å². The van der Waals surface area contributed by atoms with Gasteiger partial charge in [0.25, 0.3) is 17.7 Å². The number of rotatable bonds is 7. The van der Waals surface area contributed by atoms with Crippen molar-refractivity contribution in [3.8, 4) is 5.75 Å². The zero-order valence-electron chi connectivity index (χ0n) is 17.5. The molecule has 32 heavy (non-hydrogen) atoms. The van der Waals surface area contributed by atoms with Crippen molar-refractivity contribution in [2.45, 2.75) is 18.9 Å². The molecule has 0 radical (unpaired) electrons. The third-order valence-corrected chi connectivity index (χ3v) is 5.34. The molecule has 0 saturated carbocycles. The number of ether oxygens (including phenoxy) is 3. The van der Waals surface area contributed by atoms with E-state index in [1.165, 1.54) is 30.2 Å². The van der Waals surface area contributed by atoms with Gasteiger partial charge in [0.2, 0.25) is 0 Å². The van der Waals surface area contributed by atoms with Gasteiger partial charge in [0.05, 0.1) is 30.9 Å². The maximum atomic E-state index is 12.8. The van der Waals surface area contributed by atoms with Crippen molar-refractivity contribution in [3.05, 3.63) is 59.2 Å². The number of methoxy groups -OCH3 is 1. The number of nitrogens with one attached hydrogen (secondary N) is 1. The van der Waals surface area contributed by atoms with Gasteiger partial charge in [-0.15, -0.1) is 0 Å². The lowest BCUT2D eigenvalue weighted by molar-refractivity contribution is -0.142. The number of fused-ring (bicyclic) bond motifs is 1. The van der Waals surface area contributed by atoms with Crippen molar-refractivity contribution in [3.63, 3.8) is 0 Å². The highest BCUT2D eigenvalue weighted by molar-refractivity contribution is 6.22. The highest BCUT2D eigenvalue weighted by atomic mass is 16.6. The monoisotopic (exact) mass is 438 g/mol. The lowest BCUT2D eigenvalue weighted by Gasteiger charge is -2.17. The fraction of sp³-hybridized carbons (Fsp3) is 0.304. The van der Waals surface area contributed by atoms with Gasteiger partial charge >= 0.3 is 5.97 Å². The Labute approximate surface area is 184 Å². The quantitative estimate of drug-likeness (QED) is 0.521. The van der Waals surface area contributed by atoms with E-state index in [0.717, 1.165) is 12.8 Å². The van der Waals surface area contributed by atoms with E-state index in [-0.39, 0.29) is 41.9 Å². The Kier molecular flexibility index (Phi) is 6.18. The average Bonchev–Trinajstić information content (AvgIpc) is 3.41. The SMILES string of the molecule is COC(=O)COc1ccc(NC(=O)c2ccc3c(c2)C(=O)N(CC2CCCO2)C3=O)cc1. The van der Waals surface area contributed by atoms with Crippen LogP contribution in [0.25, 0.3) is 0 Å². The molecule has 1 N–H and O–H groups in total. The van der Waals surface area contributed by atoms with Crippen LogP contribution in [0.1, 0.15) is 43.9 Å². The van der Waals surface area contributed by atoms with Gasteiger partial charge in [-0.3, -0.25) is 19.3 Å². The molecule has 1 atom stereocenters. The number of carbonyl (C=O) groups excluding carboxylic acids is 4. The van der Waals surface area contributed by atoms with Gasteiger partial charge in [-0.05, 0) is 55.3 Å². The lowest BCUT2D eigenvalue weighted by atomic mass is 10.1. The smallest absolute Gasteiger partial charge is 0.343 e. The summed E-state index contributed by atoms with van der Waals surface area (Å²) in [5, 5.41) is 2.73. The first kappa shape index (κ1) is 21.5. The van der Waals surface area contributed by atoms with E-state index in [2.05, 4.69) is 10.1 Å². The molecule has 2 heterocycles.